The minimum Gasteiger partial charge on any atom is -0.345 e. The lowest BCUT2D eigenvalue weighted by Crippen LogP contribution is -2.36. The number of aromatic nitrogens is 4. The predicted molar refractivity (Wildman–Crippen MR) is 128 cm³/mol. The van der Waals surface area contributed by atoms with E-state index in [0.717, 1.165) is 48.3 Å². The van der Waals surface area contributed by atoms with Crippen molar-refractivity contribution < 1.29 is 9.47 Å². The third-order valence-corrected chi connectivity index (χ3v) is 6.20. The van der Waals surface area contributed by atoms with Gasteiger partial charge in [-0.2, -0.15) is 5.10 Å². The Morgan fingerprint density at radius 2 is 1.64 bits per heavy atom. The van der Waals surface area contributed by atoms with Gasteiger partial charge in [0.15, 0.2) is 5.82 Å². The standard InChI is InChI=1S/C27H30N4O2/c1-27(15-8-9-17-31-18-10-16-28-31)19-32-26(33-20-27)25-29-23(21-11-4-2-5-12-21)24(30-25)22-13-6-3-7-14-22/h2-7,10-14,16,18,26H,8-9,15,17,19-20H2,1H3,(H,29,30). The van der Waals surface area contributed by atoms with Crippen LogP contribution in [0, 0.1) is 5.41 Å². The number of benzene rings is 2. The first kappa shape index (κ1) is 21.6. The van der Waals surface area contributed by atoms with E-state index >= 15 is 0 Å². The molecule has 6 heteroatoms. The zero-order chi connectivity index (χ0) is 22.5. The van der Waals surface area contributed by atoms with Gasteiger partial charge in [0.1, 0.15) is 0 Å². The van der Waals surface area contributed by atoms with E-state index in [-0.39, 0.29) is 5.41 Å². The smallest absolute Gasteiger partial charge is 0.217 e. The Hall–Kier alpha value is -3.22. The van der Waals surface area contributed by atoms with Crippen molar-refractivity contribution >= 4 is 0 Å². The van der Waals surface area contributed by atoms with E-state index < -0.39 is 6.29 Å². The van der Waals surface area contributed by atoms with Gasteiger partial charge in [0.25, 0.3) is 0 Å². The number of aryl methyl sites for hydroxylation is 1. The number of hydrogen-bond acceptors (Lipinski definition) is 4. The number of rotatable bonds is 8. The van der Waals surface area contributed by atoms with Crippen molar-refractivity contribution in [3.8, 4) is 22.5 Å². The molecule has 1 saturated heterocycles. The highest BCUT2D eigenvalue weighted by atomic mass is 16.7. The maximum Gasteiger partial charge on any atom is 0.217 e. The first-order valence-electron chi connectivity index (χ1n) is 11.6. The van der Waals surface area contributed by atoms with Crippen molar-refractivity contribution in [3.63, 3.8) is 0 Å². The van der Waals surface area contributed by atoms with Gasteiger partial charge in [0.05, 0.1) is 24.6 Å². The molecular weight excluding hydrogens is 412 g/mol. The van der Waals surface area contributed by atoms with Crippen molar-refractivity contribution in [2.75, 3.05) is 13.2 Å². The van der Waals surface area contributed by atoms with Crippen molar-refractivity contribution in [1.29, 1.82) is 0 Å². The fraction of sp³-hybridized carbons (Fsp3) is 0.333. The molecule has 1 aliphatic heterocycles. The molecular formula is C27H30N4O2. The Balaban J connectivity index is 1.26. The number of hydrogen-bond donors (Lipinski definition) is 1. The van der Waals surface area contributed by atoms with Gasteiger partial charge < -0.3 is 14.5 Å². The fourth-order valence-electron chi connectivity index (χ4n) is 4.33. The molecule has 6 nitrogen and oxygen atoms in total. The second-order valence-electron chi connectivity index (χ2n) is 9.07. The molecule has 3 heterocycles. The average molecular weight is 443 g/mol. The van der Waals surface area contributed by atoms with E-state index in [2.05, 4.69) is 41.3 Å². The van der Waals surface area contributed by atoms with Crippen LogP contribution < -0.4 is 0 Å². The summed E-state index contributed by atoms with van der Waals surface area (Å²) < 4.78 is 14.4. The lowest BCUT2D eigenvalue weighted by Gasteiger charge is -2.36. The third kappa shape index (κ3) is 5.07. The largest absolute Gasteiger partial charge is 0.345 e. The van der Waals surface area contributed by atoms with Crippen LogP contribution in [0.4, 0.5) is 0 Å². The molecule has 2 aromatic heterocycles. The summed E-state index contributed by atoms with van der Waals surface area (Å²) in [6.07, 6.45) is 6.62. The van der Waals surface area contributed by atoms with Gasteiger partial charge in [-0.15, -0.1) is 0 Å². The Morgan fingerprint density at radius 3 is 2.30 bits per heavy atom. The first-order chi connectivity index (χ1) is 16.2. The summed E-state index contributed by atoms with van der Waals surface area (Å²) in [4.78, 5) is 8.41. The van der Waals surface area contributed by atoms with E-state index in [1.165, 1.54) is 0 Å². The molecule has 0 unspecified atom stereocenters. The molecule has 1 fully saturated rings. The third-order valence-electron chi connectivity index (χ3n) is 6.20. The van der Waals surface area contributed by atoms with Gasteiger partial charge in [0.2, 0.25) is 6.29 Å². The van der Waals surface area contributed by atoms with Gasteiger partial charge in [-0.25, -0.2) is 4.98 Å². The van der Waals surface area contributed by atoms with Gasteiger partial charge in [-0.1, -0.05) is 74.0 Å². The Bertz CT molecular complexity index is 1070. The fourth-order valence-corrected chi connectivity index (χ4v) is 4.33. The molecule has 0 radical (unpaired) electrons. The van der Waals surface area contributed by atoms with Gasteiger partial charge in [-0.3, -0.25) is 4.68 Å². The van der Waals surface area contributed by atoms with Crippen LogP contribution in [-0.4, -0.2) is 33.0 Å². The van der Waals surface area contributed by atoms with Crippen LogP contribution in [0.5, 0.6) is 0 Å². The van der Waals surface area contributed by atoms with Crippen LogP contribution in [0.1, 0.15) is 38.3 Å². The Kier molecular flexibility index (Phi) is 6.37. The minimum absolute atomic E-state index is 0.0116. The molecule has 1 aliphatic rings. The van der Waals surface area contributed by atoms with Crippen molar-refractivity contribution in [2.24, 2.45) is 5.41 Å². The molecule has 4 aromatic rings. The summed E-state index contributed by atoms with van der Waals surface area (Å²) in [7, 11) is 0. The van der Waals surface area contributed by atoms with Crippen LogP contribution in [0.15, 0.2) is 79.1 Å². The number of H-pyrrole nitrogens is 1. The number of ether oxygens (including phenoxy) is 2. The second kappa shape index (κ2) is 9.73. The highest BCUT2D eigenvalue weighted by Crippen LogP contribution is 2.37. The highest BCUT2D eigenvalue weighted by Gasteiger charge is 2.34. The lowest BCUT2D eigenvalue weighted by atomic mass is 9.86. The van der Waals surface area contributed by atoms with Gasteiger partial charge in [0, 0.05) is 35.5 Å². The molecule has 33 heavy (non-hydrogen) atoms. The van der Waals surface area contributed by atoms with E-state index in [4.69, 9.17) is 14.5 Å². The molecule has 5 rings (SSSR count). The zero-order valence-corrected chi connectivity index (χ0v) is 19.0. The minimum atomic E-state index is -0.484. The molecule has 170 valence electrons. The van der Waals surface area contributed by atoms with Crippen LogP contribution in [-0.2, 0) is 16.0 Å². The van der Waals surface area contributed by atoms with Crippen LogP contribution >= 0.6 is 0 Å². The summed E-state index contributed by atoms with van der Waals surface area (Å²) in [6.45, 7) is 4.50. The SMILES string of the molecule is CC1(CCCCn2cccn2)COC(c2nc(-c3ccccc3)c(-c3ccccc3)[nH]2)OC1. The Morgan fingerprint density at radius 1 is 0.939 bits per heavy atom. The number of imidazole rings is 1. The molecule has 0 saturated carbocycles. The van der Waals surface area contributed by atoms with Crippen molar-refractivity contribution in [2.45, 2.75) is 39.0 Å². The molecule has 0 amide bonds. The van der Waals surface area contributed by atoms with Crippen molar-refractivity contribution in [3.05, 3.63) is 84.9 Å². The van der Waals surface area contributed by atoms with E-state index in [1.807, 2.05) is 59.5 Å². The molecule has 0 bridgehead atoms. The molecule has 1 N–H and O–H groups in total. The predicted octanol–water partition coefficient (Wildman–Crippen LogP) is 5.86. The Labute approximate surface area is 194 Å². The van der Waals surface area contributed by atoms with E-state index in [1.54, 1.807) is 0 Å². The summed E-state index contributed by atoms with van der Waals surface area (Å²) in [5.41, 5.74) is 4.06. The lowest BCUT2D eigenvalue weighted by molar-refractivity contribution is -0.235. The molecule has 0 spiro atoms. The first-order valence-corrected chi connectivity index (χ1v) is 11.6. The molecule has 2 aromatic carbocycles. The van der Waals surface area contributed by atoms with Crippen molar-refractivity contribution in [1.82, 2.24) is 19.7 Å². The number of nitrogens with one attached hydrogen (secondary N) is 1. The summed E-state index contributed by atoms with van der Waals surface area (Å²) in [6, 6.07) is 22.5. The average Bonchev–Trinajstić information content (AvgIpc) is 3.54. The molecule has 0 aliphatic carbocycles. The number of nitrogens with zero attached hydrogens (tertiary/aromatic N) is 3. The van der Waals surface area contributed by atoms with E-state index in [9.17, 15) is 0 Å². The van der Waals surface area contributed by atoms with Crippen LogP contribution in [0.25, 0.3) is 22.5 Å². The second-order valence-corrected chi connectivity index (χ2v) is 9.07. The summed E-state index contributed by atoms with van der Waals surface area (Å²) >= 11 is 0. The van der Waals surface area contributed by atoms with Gasteiger partial charge in [-0.05, 0) is 18.9 Å². The maximum absolute atomic E-state index is 6.19. The number of unbranched alkanes of at least 4 members (excludes halogenated alkanes) is 1. The number of aromatic amines is 1. The topological polar surface area (TPSA) is 65.0 Å². The van der Waals surface area contributed by atoms with E-state index in [0.29, 0.717) is 19.0 Å². The molecule has 0 atom stereocenters. The normalized spacial score (nSPS) is 20.7. The summed E-state index contributed by atoms with van der Waals surface area (Å²) in [5, 5.41) is 4.27. The zero-order valence-electron chi connectivity index (χ0n) is 19.0. The highest BCUT2D eigenvalue weighted by molar-refractivity contribution is 5.78. The quantitative estimate of drug-likeness (QED) is 0.347. The van der Waals surface area contributed by atoms with Gasteiger partial charge >= 0.3 is 0 Å². The summed E-state index contributed by atoms with van der Waals surface area (Å²) in [5.74, 6) is 0.716. The maximum atomic E-state index is 6.19. The monoisotopic (exact) mass is 442 g/mol. The van der Waals surface area contributed by atoms with Crippen LogP contribution in [0.3, 0.4) is 0 Å². The van der Waals surface area contributed by atoms with Crippen LogP contribution in [0.2, 0.25) is 0 Å².